The number of nitriles is 1. The summed E-state index contributed by atoms with van der Waals surface area (Å²) in [5, 5.41) is 12.1. The van der Waals surface area contributed by atoms with Crippen LogP contribution >= 0.6 is 15.9 Å². The van der Waals surface area contributed by atoms with Gasteiger partial charge in [0.1, 0.15) is 5.75 Å². The van der Waals surface area contributed by atoms with Gasteiger partial charge >= 0.3 is 0 Å². The summed E-state index contributed by atoms with van der Waals surface area (Å²) < 4.78 is 6.91. The van der Waals surface area contributed by atoms with Crippen LogP contribution in [0, 0.1) is 17.2 Å². The van der Waals surface area contributed by atoms with Crippen molar-refractivity contribution in [1.82, 2.24) is 4.90 Å². The number of nitrogens with one attached hydrogen (secondary N) is 1. The predicted octanol–water partition coefficient (Wildman–Crippen LogP) is 4.54. The van der Waals surface area contributed by atoms with E-state index in [0.717, 1.165) is 55.0 Å². The van der Waals surface area contributed by atoms with Gasteiger partial charge in [0.05, 0.1) is 18.2 Å². The second-order valence-corrected chi connectivity index (χ2v) is 8.73. The second kappa shape index (κ2) is 8.98. The molecule has 1 fully saturated rings. The van der Waals surface area contributed by atoms with E-state index in [9.17, 15) is 10.1 Å². The Morgan fingerprint density at radius 3 is 2.83 bits per heavy atom. The molecule has 2 aromatic carbocycles. The fraction of sp³-hybridized carbons (Fsp3) is 0.391. The van der Waals surface area contributed by atoms with Crippen molar-refractivity contribution in [1.29, 1.82) is 5.26 Å². The number of carbonyl (C=O) groups excluding carboxylic acids is 1. The zero-order valence-electron chi connectivity index (χ0n) is 16.2. The third-order valence-electron chi connectivity index (χ3n) is 5.76. The van der Waals surface area contributed by atoms with Crippen molar-refractivity contribution in [3.05, 3.63) is 58.1 Å². The molecular formula is C23H24BrN3O2. The van der Waals surface area contributed by atoms with Gasteiger partial charge in [0, 0.05) is 47.1 Å². The van der Waals surface area contributed by atoms with Gasteiger partial charge < -0.3 is 15.0 Å². The number of carbonyl (C=O) groups is 1. The molecule has 2 aliphatic heterocycles. The van der Waals surface area contributed by atoms with E-state index in [1.165, 1.54) is 5.56 Å². The summed E-state index contributed by atoms with van der Waals surface area (Å²) in [6.07, 6.45) is 2.41. The van der Waals surface area contributed by atoms with Gasteiger partial charge in [0.15, 0.2) is 0 Å². The van der Waals surface area contributed by atoms with E-state index in [2.05, 4.69) is 32.2 Å². The molecule has 0 spiro atoms. The first-order valence-electron chi connectivity index (χ1n) is 10.1. The van der Waals surface area contributed by atoms with E-state index < -0.39 is 0 Å². The Hall–Kier alpha value is -2.36. The summed E-state index contributed by atoms with van der Waals surface area (Å²) in [5.74, 6) is 1.91. The molecule has 1 amide bonds. The van der Waals surface area contributed by atoms with Gasteiger partial charge in [-0.3, -0.25) is 4.79 Å². The van der Waals surface area contributed by atoms with Crippen molar-refractivity contribution < 1.29 is 9.53 Å². The fourth-order valence-electron chi connectivity index (χ4n) is 4.28. The van der Waals surface area contributed by atoms with Crippen molar-refractivity contribution in [2.75, 3.05) is 31.6 Å². The molecule has 2 atom stereocenters. The van der Waals surface area contributed by atoms with Crippen molar-refractivity contribution in [3.8, 4) is 11.8 Å². The smallest absolute Gasteiger partial charge is 0.224 e. The number of rotatable bonds is 6. The van der Waals surface area contributed by atoms with Gasteiger partial charge in [-0.05, 0) is 61.9 Å². The number of hydrogen-bond donors (Lipinski definition) is 1. The van der Waals surface area contributed by atoms with E-state index in [-0.39, 0.29) is 5.91 Å². The lowest BCUT2D eigenvalue weighted by molar-refractivity contribution is -0.116. The molecule has 0 saturated carbocycles. The van der Waals surface area contributed by atoms with Crippen molar-refractivity contribution in [2.45, 2.75) is 25.2 Å². The molecule has 2 aliphatic rings. The number of amides is 1. The molecule has 5 nitrogen and oxygen atoms in total. The van der Waals surface area contributed by atoms with Crippen LogP contribution in [0.2, 0.25) is 0 Å². The Balaban J connectivity index is 1.23. The van der Waals surface area contributed by atoms with E-state index >= 15 is 0 Å². The van der Waals surface area contributed by atoms with Crippen LogP contribution in [0.3, 0.4) is 0 Å². The maximum absolute atomic E-state index is 12.1. The Bertz CT molecular complexity index is 923. The van der Waals surface area contributed by atoms with Gasteiger partial charge in [-0.1, -0.05) is 15.9 Å². The number of benzene rings is 2. The first-order chi connectivity index (χ1) is 14.1. The van der Waals surface area contributed by atoms with Crippen LogP contribution in [-0.2, 0) is 4.79 Å². The van der Waals surface area contributed by atoms with Gasteiger partial charge in [0.2, 0.25) is 5.91 Å². The van der Waals surface area contributed by atoms with Crippen LogP contribution in [0.25, 0.3) is 0 Å². The van der Waals surface area contributed by atoms with E-state index in [4.69, 9.17) is 4.74 Å². The summed E-state index contributed by atoms with van der Waals surface area (Å²) in [6.45, 7) is 3.76. The van der Waals surface area contributed by atoms with Crippen LogP contribution in [0.4, 0.5) is 5.69 Å². The van der Waals surface area contributed by atoms with Gasteiger partial charge in [-0.2, -0.15) is 5.26 Å². The minimum atomic E-state index is 0.0637. The highest BCUT2D eigenvalue weighted by atomic mass is 79.9. The summed E-state index contributed by atoms with van der Waals surface area (Å²) in [7, 11) is 0. The minimum absolute atomic E-state index is 0.0637. The largest absolute Gasteiger partial charge is 0.493 e. The highest BCUT2D eigenvalue weighted by Crippen LogP contribution is 2.41. The number of fused-ring (bicyclic) bond motifs is 3. The van der Waals surface area contributed by atoms with Crippen molar-refractivity contribution in [3.63, 3.8) is 0 Å². The number of nitrogens with zero attached hydrogens (tertiary/aromatic N) is 2. The first-order valence-corrected chi connectivity index (χ1v) is 10.9. The number of unbranched alkanes of at least 4 members (excludes halogenated alkanes) is 1. The summed E-state index contributed by atoms with van der Waals surface area (Å²) in [4.78, 5) is 14.6. The lowest BCUT2D eigenvalue weighted by Crippen LogP contribution is -2.25. The van der Waals surface area contributed by atoms with E-state index in [0.29, 0.717) is 23.8 Å². The molecule has 0 aromatic heterocycles. The Labute approximate surface area is 179 Å². The zero-order chi connectivity index (χ0) is 20.2. The number of likely N-dealkylation sites (tertiary alicyclic amines) is 1. The molecule has 2 heterocycles. The summed E-state index contributed by atoms with van der Waals surface area (Å²) >= 11 is 3.39. The van der Waals surface area contributed by atoms with Crippen LogP contribution < -0.4 is 10.1 Å². The molecular weight excluding hydrogens is 430 g/mol. The summed E-state index contributed by atoms with van der Waals surface area (Å²) in [6, 6.07) is 15.6. The molecule has 1 saturated heterocycles. The van der Waals surface area contributed by atoms with Crippen LogP contribution in [0.1, 0.15) is 36.3 Å². The molecule has 6 heteroatoms. The normalized spacial score (nSPS) is 20.3. The molecule has 2 unspecified atom stereocenters. The lowest BCUT2D eigenvalue weighted by atomic mass is 9.86. The zero-order valence-corrected chi connectivity index (χ0v) is 17.8. The molecule has 0 aliphatic carbocycles. The molecule has 1 N–H and O–H groups in total. The van der Waals surface area contributed by atoms with Crippen LogP contribution in [0.15, 0.2) is 46.9 Å². The molecule has 0 radical (unpaired) electrons. The Morgan fingerprint density at radius 2 is 2.03 bits per heavy atom. The number of ether oxygens (including phenoxy) is 1. The highest BCUT2D eigenvalue weighted by Gasteiger charge is 2.38. The molecule has 29 heavy (non-hydrogen) atoms. The maximum Gasteiger partial charge on any atom is 0.224 e. The molecule has 0 bridgehead atoms. The predicted molar refractivity (Wildman–Crippen MR) is 116 cm³/mol. The van der Waals surface area contributed by atoms with Gasteiger partial charge in [-0.25, -0.2) is 0 Å². The lowest BCUT2D eigenvalue weighted by Gasteiger charge is -2.27. The minimum Gasteiger partial charge on any atom is -0.493 e. The topological polar surface area (TPSA) is 65.4 Å². The third kappa shape index (κ3) is 4.80. The number of halogens is 1. The molecule has 4 rings (SSSR count). The average molecular weight is 454 g/mol. The van der Waals surface area contributed by atoms with Crippen LogP contribution in [-0.4, -0.2) is 37.0 Å². The molecule has 150 valence electrons. The molecule has 2 aromatic rings. The van der Waals surface area contributed by atoms with Gasteiger partial charge in [0.25, 0.3) is 0 Å². The number of hydrogen-bond acceptors (Lipinski definition) is 4. The second-order valence-electron chi connectivity index (χ2n) is 7.81. The first kappa shape index (κ1) is 19.9. The highest BCUT2D eigenvalue weighted by molar-refractivity contribution is 9.10. The van der Waals surface area contributed by atoms with Gasteiger partial charge in [-0.15, -0.1) is 0 Å². The maximum atomic E-state index is 12.1. The third-order valence-corrected chi connectivity index (χ3v) is 6.29. The number of anilines is 1. The fourth-order valence-corrected chi connectivity index (χ4v) is 4.54. The standard InChI is InChI=1S/C23H24BrN3O2/c24-18-5-7-19(8-6-18)26-23(28)3-1-2-10-27-13-17-15-29-22-9-4-16(12-25)11-20(22)21(17)14-27/h4-9,11,17,21H,1-3,10,13-15H2,(H,26,28). The summed E-state index contributed by atoms with van der Waals surface area (Å²) in [5.41, 5.74) is 2.71. The van der Waals surface area contributed by atoms with E-state index in [1.54, 1.807) is 0 Å². The monoisotopic (exact) mass is 453 g/mol. The SMILES string of the molecule is N#Cc1ccc2c(c1)C1CN(CCCCC(=O)Nc3ccc(Br)cc3)CC1CO2. The Kier molecular flexibility index (Phi) is 6.17. The van der Waals surface area contributed by atoms with Crippen LogP contribution in [0.5, 0.6) is 5.75 Å². The van der Waals surface area contributed by atoms with Crippen molar-refractivity contribution in [2.24, 2.45) is 5.92 Å². The van der Waals surface area contributed by atoms with E-state index in [1.807, 2.05) is 42.5 Å². The average Bonchev–Trinajstić information content (AvgIpc) is 3.16. The van der Waals surface area contributed by atoms with Crippen molar-refractivity contribution >= 4 is 27.5 Å². The Morgan fingerprint density at radius 1 is 1.21 bits per heavy atom. The quantitative estimate of drug-likeness (QED) is 0.652.